The van der Waals surface area contributed by atoms with Gasteiger partial charge in [-0.3, -0.25) is 0 Å². The molecule has 1 aliphatic heterocycles. The number of hydrogen-bond acceptors (Lipinski definition) is 5. The van der Waals surface area contributed by atoms with Gasteiger partial charge in [-0.25, -0.2) is 0 Å². The Morgan fingerprint density at radius 1 is 1.19 bits per heavy atom. The number of benzene rings is 2. The molecule has 1 saturated heterocycles. The molecule has 0 aliphatic carbocycles. The average Bonchev–Trinajstić information content (AvgIpc) is 3.15. The minimum absolute atomic E-state index is 0.0649. The highest BCUT2D eigenvalue weighted by Gasteiger charge is 2.30. The summed E-state index contributed by atoms with van der Waals surface area (Å²) < 4.78 is 5.20. The third kappa shape index (κ3) is 4.53. The van der Waals surface area contributed by atoms with Crippen molar-refractivity contribution in [2.45, 2.75) is 48.8 Å². The fourth-order valence-corrected chi connectivity index (χ4v) is 4.10. The van der Waals surface area contributed by atoms with Crippen LogP contribution in [-0.2, 0) is 6.42 Å². The Balaban J connectivity index is 1.54. The first kappa shape index (κ1) is 19.1. The van der Waals surface area contributed by atoms with Crippen LogP contribution in [0, 0.1) is 0 Å². The van der Waals surface area contributed by atoms with Crippen molar-refractivity contribution < 1.29 is 14.9 Å². The molecule has 0 amide bonds. The van der Waals surface area contributed by atoms with Crippen LogP contribution in [0.2, 0.25) is 0 Å². The summed E-state index contributed by atoms with van der Waals surface area (Å²) in [6.45, 7) is 0. The van der Waals surface area contributed by atoms with Crippen LogP contribution in [0.15, 0.2) is 47.4 Å². The van der Waals surface area contributed by atoms with Gasteiger partial charge in [-0.1, -0.05) is 18.2 Å². The van der Waals surface area contributed by atoms with Gasteiger partial charge in [0.05, 0.1) is 13.2 Å². The molecule has 3 atom stereocenters. The van der Waals surface area contributed by atoms with Crippen LogP contribution in [-0.4, -0.2) is 35.7 Å². The van der Waals surface area contributed by atoms with Gasteiger partial charge in [0.15, 0.2) is 0 Å². The number of thioether (sulfide) groups is 1. The number of hydrogen-bond donors (Lipinski definition) is 3. The van der Waals surface area contributed by atoms with Crippen molar-refractivity contribution in [2.24, 2.45) is 0 Å². The van der Waals surface area contributed by atoms with Gasteiger partial charge < -0.3 is 20.3 Å². The van der Waals surface area contributed by atoms with E-state index in [9.17, 15) is 10.2 Å². The van der Waals surface area contributed by atoms with Crippen molar-refractivity contribution in [2.75, 3.05) is 13.4 Å². The molecule has 140 valence electrons. The number of aliphatic hydroxyl groups is 1. The molecule has 0 spiro atoms. The number of phenols is 1. The Labute approximate surface area is 159 Å². The van der Waals surface area contributed by atoms with Gasteiger partial charge in [0, 0.05) is 17.0 Å². The lowest BCUT2D eigenvalue weighted by atomic mass is 10.0. The van der Waals surface area contributed by atoms with Gasteiger partial charge in [-0.15, -0.1) is 11.8 Å². The lowest BCUT2D eigenvalue weighted by molar-refractivity contribution is 0.134. The number of rotatable bonds is 7. The molecule has 1 heterocycles. The predicted octanol–water partition coefficient (Wildman–Crippen LogP) is 3.91. The first-order valence-corrected chi connectivity index (χ1v) is 10.3. The minimum atomic E-state index is -0.549. The number of aryl methyl sites for hydroxylation is 1. The summed E-state index contributed by atoms with van der Waals surface area (Å²) >= 11 is 1.49. The molecule has 0 aromatic heterocycles. The summed E-state index contributed by atoms with van der Waals surface area (Å²) in [5.41, 5.74) is 2.17. The third-order valence-corrected chi connectivity index (χ3v) is 5.91. The van der Waals surface area contributed by atoms with Gasteiger partial charge in [-0.05, 0) is 67.3 Å². The number of ether oxygens (including phenoxy) is 1. The Hall–Kier alpha value is -1.69. The van der Waals surface area contributed by atoms with Gasteiger partial charge in [0.25, 0.3) is 0 Å². The second-order valence-corrected chi connectivity index (χ2v) is 7.66. The van der Waals surface area contributed by atoms with E-state index < -0.39 is 6.10 Å². The van der Waals surface area contributed by atoms with Crippen LogP contribution in [0.4, 0.5) is 0 Å². The van der Waals surface area contributed by atoms with Crippen molar-refractivity contribution >= 4 is 11.8 Å². The topological polar surface area (TPSA) is 61.7 Å². The molecule has 0 saturated carbocycles. The second-order valence-electron chi connectivity index (χ2n) is 6.81. The number of phenolic OH excluding ortho intramolecular Hbond substituents is 1. The highest BCUT2D eigenvalue weighted by atomic mass is 32.2. The van der Waals surface area contributed by atoms with Crippen molar-refractivity contribution in [1.29, 1.82) is 0 Å². The monoisotopic (exact) mass is 373 g/mol. The Bertz CT molecular complexity index is 720. The zero-order valence-corrected chi connectivity index (χ0v) is 16.1. The second kappa shape index (κ2) is 8.80. The van der Waals surface area contributed by atoms with Crippen molar-refractivity contribution in [3.05, 3.63) is 53.6 Å². The zero-order chi connectivity index (χ0) is 18.5. The van der Waals surface area contributed by atoms with E-state index in [1.807, 2.05) is 30.5 Å². The van der Waals surface area contributed by atoms with E-state index >= 15 is 0 Å². The van der Waals surface area contributed by atoms with Gasteiger partial charge in [0.1, 0.15) is 11.5 Å². The van der Waals surface area contributed by atoms with E-state index in [0.29, 0.717) is 6.04 Å². The van der Waals surface area contributed by atoms with Crippen LogP contribution in [0.3, 0.4) is 0 Å². The largest absolute Gasteiger partial charge is 0.507 e. The van der Waals surface area contributed by atoms with Crippen LogP contribution < -0.4 is 10.1 Å². The normalized spacial score (nSPS) is 20.9. The maximum absolute atomic E-state index is 10.7. The smallest absolute Gasteiger partial charge is 0.129 e. The minimum Gasteiger partial charge on any atom is -0.507 e. The van der Waals surface area contributed by atoms with E-state index in [2.05, 4.69) is 17.4 Å². The molecule has 1 fully saturated rings. The standard InChI is InChI=1S/C21H27NO3S/c1-25-17-9-4-14(5-10-17)3-7-16-8-11-18(22-16)21(24)15-6-12-19(23)20(13-15)26-2/h4-6,9-10,12-13,16,18,21-24H,3,7-8,11H2,1-2H3/t16-,18-,21?/m1/s1. The summed E-state index contributed by atoms with van der Waals surface area (Å²) in [6, 6.07) is 14.1. The molecule has 3 N–H and O–H groups in total. The summed E-state index contributed by atoms with van der Waals surface area (Å²) in [5, 5.41) is 24.1. The SMILES string of the molecule is COc1ccc(CC[C@@H]2CC[C@H](C(O)c3ccc(O)c(SC)c3)N2)cc1. The van der Waals surface area contributed by atoms with E-state index in [4.69, 9.17) is 4.74 Å². The molecule has 4 nitrogen and oxygen atoms in total. The highest BCUT2D eigenvalue weighted by Crippen LogP contribution is 2.33. The van der Waals surface area contributed by atoms with Crippen LogP contribution in [0.5, 0.6) is 11.5 Å². The Morgan fingerprint density at radius 2 is 1.96 bits per heavy atom. The number of aromatic hydroxyl groups is 1. The van der Waals surface area contributed by atoms with Crippen LogP contribution in [0.25, 0.3) is 0 Å². The van der Waals surface area contributed by atoms with Crippen molar-refractivity contribution in [3.63, 3.8) is 0 Å². The average molecular weight is 374 g/mol. The van der Waals surface area contributed by atoms with Crippen LogP contribution in [0.1, 0.15) is 36.5 Å². The first-order valence-electron chi connectivity index (χ1n) is 9.04. The van der Waals surface area contributed by atoms with Gasteiger partial charge in [0.2, 0.25) is 0 Å². The summed E-state index contributed by atoms with van der Waals surface area (Å²) in [5.74, 6) is 1.15. The number of methoxy groups -OCH3 is 1. The molecule has 3 rings (SSSR count). The fourth-order valence-electron chi connectivity index (χ4n) is 3.57. The summed E-state index contributed by atoms with van der Waals surface area (Å²) in [7, 11) is 1.68. The zero-order valence-electron chi connectivity index (χ0n) is 15.3. The predicted molar refractivity (Wildman–Crippen MR) is 106 cm³/mol. The molecule has 0 radical (unpaired) electrons. The van der Waals surface area contributed by atoms with E-state index in [0.717, 1.165) is 41.9 Å². The summed E-state index contributed by atoms with van der Waals surface area (Å²) in [6.07, 6.45) is 5.48. The van der Waals surface area contributed by atoms with Crippen LogP contribution >= 0.6 is 11.8 Å². The molecule has 1 aliphatic rings. The van der Waals surface area contributed by atoms with Crippen molar-refractivity contribution in [1.82, 2.24) is 5.32 Å². The lowest BCUT2D eigenvalue weighted by Crippen LogP contribution is -2.34. The third-order valence-electron chi connectivity index (χ3n) is 5.14. The molecule has 2 aromatic carbocycles. The quantitative estimate of drug-likeness (QED) is 0.643. The molecular weight excluding hydrogens is 346 g/mol. The van der Waals surface area contributed by atoms with E-state index in [-0.39, 0.29) is 11.8 Å². The maximum Gasteiger partial charge on any atom is 0.129 e. The number of nitrogens with one attached hydrogen (secondary N) is 1. The summed E-state index contributed by atoms with van der Waals surface area (Å²) in [4.78, 5) is 0.801. The molecular formula is C21H27NO3S. The molecule has 0 bridgehead atoms. The molecule has 26 heavy (non-hydrogen) atoms. The number of aliphatic hydroxyl groups excluding tert-OH is 1. The van der Waals surface area contributed by atoms with E-state index in [1.165, 1.54) is 17.3 Å². The Morgan fingerprint density at radius 3 is 2.65 bits per heavy atom. The van der Waals surface area contributed by atoms with Crippen molar-refractivity contribution in [3.8, 4) is 11.5 Å². The molecule has 2 aromatic rings. The van der Waals surface area contributed by atoms with E-state index in [1.54, 1.807) is 13.2 Å². The van der Waals surface area contributed by atoms with Gasteiger partial charge in [-0.2, -0.15) is 0 Å². The molecule has 1 unspecified atom stereocenters. The fraction of sp³-hybridized carbons (Fsp3) is 0.429. The maximum atomic E-state index is 10.7. The highest BCUT2D eigenvalue weighted by molar-refractivity contribution is 7.98. The lowest BCUT2D eigenvalue weighted by Gasteiger charge is -2.21. The molecule has 5 heteroatoms. The Kier molecular flexibility index (Phi) is 6.46. The first-order chi connectivity index (χ1) is 12.6. The van der Waals surface area contributed by atoms with Gasteiger partial charge >= 0.3 is 0 Å².